The molecular formula is C67H85Br2ClF2N16O10P2S. The van der Waals surface area contributed by atoms with Gasteiger partial charge in [0.15, 0.2) is 0 Å². The van der Waals surface area contributed by atoms with E-state index in [4.69, 9.17) is 45.9 Å². The first-order valence-corrected chi connectivity index (χ1v) is 40.6. The summed E-state index contributed by atoms with van der Waals surface area (Å²) in [4.78, 5) is 24.1. The highest BCUT2D eigenvalue weighted by Gasteiger charge is 2.29. The molecule has 2 saturated heterocycles. The number of nitrogen functional groups attached to an aromatic ring is 1. The molecule has 0 aliphatic carbocycles. The van der Waals surface area contributed by atoms with Crippen LogP contribution in [0.2, 0.25) is 5.28 Å². The SMILES string of the molecule is CCCCO.CCOc1cc(N)c(C)cc1N1CCOCC1.CCOc1cc(Nc2ncc(Br)c(Nc3ccc(-c4cnn(C)n4)c(F)c3P(C)(C)=O)n2)c(C)cc1N1CCOCC1.Cc1ccc(S(=O)(=O)O)cc1.Cn1ncc(-c2ccc(Nc3nc(Cl)ncc3Br)c(P(C)(C)=O)c2F)n1. The molecule has 6 heterocycles. The van der Waals surface area contributed by atoms with Crippen LogP contribution in [0.3, 0.4) is 0 Å². The molecule has 544 valence electrons. The van der Waals surface area contributed by atoms with Gasteiger partial charge in [-0.25, -0.2) is 18.7 Å². The normalized spacial score (nSPS) is 13.1. The molecule has 0 amide bonds. The minimum Gasteiger partial charge on any atom is -0.492 e. The van der Waals surface area contributed by atoms with Crippen LogP contribution in [-0.2, 0) is 42.8 Å². The highest BCUT2D eigenvalue weighted by Crippen LogP contribution is 2.44. The maximum Gasteiger partial charge on any atom is 0.294 e. The Morgan fingerprint density at radius 1 is 0.644 bits per heavy atom. The van der Waals surface area contributed by atoms with Crippen LogP contribution >= 0.6 is 57.7 Å². The Morgan fingerprint density at radius 2 is 1.10 bits per heavy atom. The minimum atomic E-state index is -4.02. The van der Waals surface area contributed by atoms with Crippen molar-refractivity contribution in [3.8, 4) is 34.0 Å². The van der Waals surface area contributed by atoms with E-state index in [0.29, 0.717) is 82.3 Å². The van der Waals surface area contributed by atoms with Crippen molar-refractivity contribution >= 4 is 130 Å². The van der Waals surface area contributed by atoms with Crippen LogP contribution in [0.1, 0.15) is 50.3 Å². The Labute approximate surface area is 609 Å². The maximum absolute atomic E-state index is 15.8. The van der Waals surface area contributed by atoms with Gasteiger partial charge in [0.05, 0.1) is 99.2 Å². The maximum atomic E-state index is 15.8. The number of aromatic nitrogens is 10. The topological polar surface area (TPSA) is 327 Å². The fourth-order valence-corrected chi connectivity index (χ4v) is 13.9. The van der Waals surface area contributed by atoms with E-state index in [1.807, 2.05) is 46.8 Å². The van der Waals surface area contributed by atoms with Crippen LogP contribution in [0.25, 0.3) is 22.5 Å². The van der Waals surface area contributed by atoms with E-state index in [1.54, 1.807) is 56.7 Å². The fourth-order valence-electron chi connectivity index (χ4n) is 10.1. The molecule has 11 rings (SSSR count). The van der Waals surface area contributed by atoms with Crippen molar-refractivity contribution in [1.82, 2.24) is 49.9 Å². The number of hydrogen-bond acceptors (Lipinski definition) is 23. The van der Waals surface area contributed by atoms with Gasteiger partial charge in [-0.05, 0) is 171 Å². The van der Waals surface area contributed by atoms with E-state index in [9.17, 15) is 17.5 Å². The molecule has 2 fully saturated rings. The number of nitrogens with zero attached hydrogens (tertiary/aromatic N) is 12. The lowest BCUT2D eigenvalue weighted by Gasteiger charge is -2.31. The molecule has 2 aliphatic rings. The number of aryl methyl sites for hydroxylation is 5. The van der Waals surface area contributed by atoms with Crippen molar-refractivity contribution in [1.29, 1.82) is 0 Å². The van der Waals surface area contributed by atoms with Crippen LogP contribution in [0.5, 0.6) is 11.5 Å². The number of unbranched alkanes of at least 4 members (excludes halogenated alkanes) is 1. The lowest BCUT2D eigenvalue weighted by atomic mass is 10.1. The zero-order valence-electron chi connectivity index (χ0n) is 58.2. The third kappa shape index (κ3) is 22.6. The summed E-state index contributed by atoms with van der Waals surface area (Å²) in [5.41, 5.74) is 14.5. The molecule has 7 N–H and O–H groups in total. The number of aliphatic hydroxyl groups is 1. The monoisotopic (exact) mass is 1600 g/mol. The van der Waals surface area contributed by atoms with Crippen LogP contribution in [0, 0.1) is 32.4 Å². The molecule has 34 heteroatoms. The Hall–Kier alpha value is -7.70. The van der Waals surface area contributed by atoms with Gasteiger partial charge >= 0.3 is 0 Å². The smallest absolute Gasteiger partial charge is 0.294 e. The molecule has 9 aromatic rings. The average Bonchev–Trinajstić information content (AvgIpc) is 1.66. The highest BCUT2D eigenvalue weighted by molar-refractivity contribution is 9.11. The summed E-state index contributed by atoms with van der Waals surface area (Å²) in [6.07, 6.45) is 8.03. The summed E-state index contributed by atoms with van der Waals surface area (Å²) >= 11 is 12.6. The number of rotatable bonds is 19. The van der Waals surface area contributed by atoms with Gasteiger partial charge in [0.2, 0.25) is 11.2 Å². The summed E-state index contributed by atoms with van der Waals surface area (Å²) in [7, 11) is -6.79. The van der Waals surface area contributed by atoms with E-state index < -0.39 is 36.0 Å². The van der Waals surface area contributed by atoms with E-state index in [-0.39, 0.29) is 31.9 Å². The van der Waals surface area contributed by atoms with Gasteiger partial charge in [0.25, 0.3) is 10.1 Å². The zero-order chi connectivity index (χ0) is 73.9. The Morgan fingerprint density at radius 3 is 1.51 bits per heavy atom. The van der Waals surface area contributed by atoms with Crippen LogP contribution in [-0.4, -0.2) is 167 Å². The molecule has 4 aromatic heterocycles. The van der Waals surface area contributed by atoms with Gasteiger partial charge in [-0.3, -0.25) is 4.55 Å². The first kappa shape index (κ1) is 80.6. The van der Waals surface area contributed by atoms with Gasteiger partial charge in [0.1, 0.15) is 60.4 Å². The van der Waals surface area contributed by atoms with Crippen molar-refractivity contribution in [2.24, 2.45) is 14.1 Å². The zero-order valence-corrected chi connectivity index (χ0v) is 64.8. The Kier molecular flexibility index (Phi) is 29.5. The average molecular weight is 1600 g/mol. The number of halogens is 5. The van der Waals surface area contributed by atoms with Crippen molar-refractivity contribution < 1.29 is 54.9 Å². The second kappa shape index (κ2) is 36.9. The number of nitrogens with two attached hydrogens (primary N) is 1. The second-order valence-corrected chi connectivity index (χ2v) is 33.4. The summed E-state index contributed by atoms with van der Waals surface area (Å²) < 4.78 is 110. The summed E-state index contributed by atoms with van der Waals surface area (Å²) in [5, 5.41) is 34.0. The first-order valence-electron chi connectivity index (χ1n) is 32.0. The van der Waals surface area contributed by atoms with Gasteiger partial charge in [-0.1, -0.05) is 31.0 Å². The molecule has 2 aliphatic heterocycles. The summed E-state index contributed by atoms with van der Waals surface area (Å²) in [6.45, 7) is 25.7. The molecule has 0 bridgehead atoms. The third-order valence-corrected chi connectivity index (χ3v) is 20.3. The molecule has 0 atom stereocenters. The number of morpholine rings is 2. The van der Waals surface area contributed by atoms with Crippen molar-refractivity contribution in [2.75, 3.05) is 131 Å². The van der Waals surface area contributed by atoms with Crippen LogP contribution in [0.4, 0.5) is 60.5 Å². The highest BCUT2D eigenvalue weighted by atomic mass is 79.9. The minimum absolute atomic E-state index is 0.0325. The summed E-state index contributed by atoms with van der Waals surface area (Å²) in [6, 6.07) is 20.5. The first-order chi connectivity index (χ1) is 47.8. The lowest BCUT2D eigenvalue weighted by Crippen LogP contribution is -2.36. The van der Waals surface area contributed by atoms with E-state index in [0.717, 1.165) is 103 Å². The predicted molar refractivity (Wildman–Crippen MR) is 403 cm³/mol. The number of nitrogens with one attached hydrogen (secondary N) is 3. The van der Waals surface area contributed by atoms with Crippen molar-refractivity contribution in [3.63, 3.8) is 0 Å². The van der Waals surface area contributed by atoms with Gasteiger partial charge < -0.3 is 64.7 Å². The van der Waals surface area contributed by atoms with E-state index >= 15 is 8.78 Å². The molecule has 0 saturated carbocycles. The molecular weight excluding hydrogens is 1520 g/mol. The second-order valence-electron chi connectivity index (χ2n) is 23.6. The molecule has 0 radical (unpaired) electrons. The van der Waals surface area contributed by atoms with Gasteiger partial charge in [-0.2, -0.15) is 48.4 Å². The standard InChI is InChI=1S/C28H33BrFN8O3P.C15H14BrClFN6OP.C13H20N2O2.C7H8O3S.C4H10O/c1-6-41-24-14-21(17(2)13-23(24)38-9-11-40-12-10-38)34-28-31-15-19(29)27(35-28)33-20-8-7-18(22-16-32-37(3)36-22)25(30)26(20)42(4,5)39;1-24-20-7-11(23-24)8-4-5-10(13(12(8)18)26(2,3)25)21-14-9(16)6-19-15(17)22-14;1-3-17-13-9-11(14)10(2)8-12(13)15-4-6-16-7-5-15;1-6-2-4-7(5-3-6)11(8,9)10;1-2-3-4-5/h7-8,13-16H,6,9-12H2,1-5H3,(H2,31,33,34,35);4-7H,1-3H3,(H,19,21,22);8-9H,3-7,14H2,1-2H3;2-5H,1H3,(H,8,9,10);5H,2-4H2,1H3. The Bertz CT molecular complexity index is 4500. The van der Waals surface area contributed by atoms with E-state index in [1.165, 1.54) is 67.0 Å². The van der Waals surface area contributed by atoms with Crippen molar-refractivity contribution in [2.45, 2.75) is 59.3 Å². The number of benzene rings is 5. The number of hydrogen-bond donors (Lipinski definition) is 6. The molecule has 0 spiro atoms. The predicted octanol–water partition coefficient (Wildman–Crippen LogP) is 13.1. The molecule has 5 aromatic carbocycles. The number of aliphatic hydroxyl groups excluding tert-OH is 1. The van der Waals surface area contributed by atoms with Crippen LogP contribution in [0.15, 0.2) is 111 Å². The largest absolute Gasteiger partial charge is 0.492 e. The lowest BCUT2D eigenvalue weighted by molar-refractivity contribution is 0.122. The Balaban J connectivity index is 0.000000205. The van der Waals surface area contributed by atoms with Gasteiger partial charge in [-0.15, -0.1) is 0 Å². The summed E-state index contributed by atoms with van der Waals surface area (Å²) in [5.74, 6) is 1.44. The van der Waals surface area contributed by atoms with Gasteiger partial charge in [0, 0.05) is 93.9 Å². The van der Waals surface area contributed by atoms with Crippen molar-refractivity contribution in [3.05, 3.63) is 140 Å². The quantitative estimate of drug-likeness (QED) is 0.0190. The fraction of sp³-hybridized carbons (Fsp3) is 0.373. The molecule has 26 nitrogen and oxygen atoms in total. The number of anilines is 9. The third-order valence-electron chi connectivity index (χ3n) is 15.1. The number of ether oxygens (including phenoxy) is 4. The molecule has 101 heavy (non-hydrogen) atoms. The van der Waals surface area contributed by atoms with Crippen LogP contribution < -0.4 is 51.6 Å². The molecule has 0 unspecified atom stereocenters. The van der Waals surface area contributed by atoms with E-state index in [2.05, 4.69) is 117 Å².